The van der Waals surface area contributed by atoms with Gasteiger partial charge in [0.15, 0.2) is 11.5 Å². The quantitative estimate of drug-likeness (QED) is 0.0327. The fourth-order valence-corrected chi connectivity index (χ4v) is 11.8. The number of ether oxygens (including phenoxy) is 5. The molecule has 2 aliphatic heterocycles. The van der Waals surface area contributed by atoms with Crippen LogP contribution < -0.4 is 27.8 Å². The molecule has 2 unspecified atom stereocenters. The molecule has 2 aromatic heterocycles. The van der Waals surface area contributed by atoms with Crippen molar-refractivity contribution in [3.63, 3.8) is 0 Å². The Balaban J connectivity index is 1.26. The number of unbranched alkanes of at least 4 members (excludes halogenated alkanes) is 9. The first-order valence-electron chi connectivity index (χ1n) is 31.8. The summed E-state index contributed by atoms with van der Waals surface area (Å²) >= 11 is 0. The van der Waals surface area contributed by atoms with Gasteiger partial charge in [0.2, 0.25) is 17.7 Å². The second-order valence-corrected chi connectivity index (χ2v) is 26.6. The molecule has 0 spiro atoms. The van der Waals surface area contributed by atoms with Gasteiger partial charge in [-0.3, -0.25) is 42.4 Å². The number of imidazole rings is 1. The number of β-amino-alcohol motifs (C(OH)–C–C–N with tert-alkyl or cyclic N) is 1. The van der Waals surface area contributed by atoms with Crippen LogP contribution in [0.15, 0.2) is 12.7 Å². The molecule has 7 atom stereocenters. The number of nitrogens with zero attached hydrogens (tertiary/aromatic N) is 5. The molecule has 4 rings (SSSR count). The highest BCUT2D eigenvalue weighted by atomic mass is 31.2. The molecule has 4 heterocycles. The molecule has 2 saturated heterocycles. The Hall–Kier alpha value is -4.09. The number of aliphatic hydroxyl groups excluding tert-OH is 2. The predicted octanol–water partition coefficient (Wildman–Crippen LogP) is 4.76. The standard InChI is InChI=1S/C59H104N10O18P2/c1-58(2,80-3)88-84-38-50-49(35-54(86-50)69-43-66-55-56(62)64-42-65-57(55)69)87-89(78,79)85-37-44-34-48(74)36-68(44)53(77)23-9-7-5-4-6-8-22-52(76)67-59(39-81-31-24-46(72)18-10-14-27-60,40-82-32-25-47(73)19-11-15-28-61)41-83-33-26-51(75)63-29-16-12-20-45(71)21-13-17-30-70/h42-44,48-50,54,70,74,88H,4-41,60-61H2,1-3H3,(H,63,75)(H,67,76)(H,78,79)(H2,62,64,65)/t44-,48+,49-,50+,54+/m0/s1. The van der Waals surface area contributed by atoms with E-state index in [0.717, 1.165) is 32.1 Å². The molecular weight excluding hydrogens is 1200 g/mol. The Morgan fingerprint density at radius 2 is 1.30 bits per heavy atom. The van der Waals surface area contributed by atoms with Crippen molar-refractivity contribution >= 4 is 68.7 Å². The molecule has 0 bridgehead atoms. The van der Waals surface area contributed by atoms with Gasteiger partial charge in [-0.1, -0.05) is 25.7 Å². The van der Waals surface area contributed by atoms with Crippen molar-refractivity contribution in [2.24, 2.45) is 11.5 Å². The zero-order valence-corrected chi connectivity index (χ0v) is 54.7. The van der Waals surface area contributed by atoms with Crippen molar-refractivity contribution in [2.75, 3.05) is 98.5 Å². The smallest absolute Gasteiger partial charge is 0.396 e. The van der Waals surface area contributed by atoms with E-state index in [1.54, 1.807) is 11.7 Å². The minimum atomic E-state index is -4.78. The lowest BCUT2D eigenvalue weighted by atomic mass is 10.0. The molecule has 2 fully saturated rings. The van der Waals surface area contributed by atoms with Gasteiger partial charge in [-0.15, -0.1) is 0 Å². The van der Waals surface area contributed by atoms with Gasteiger partial charge in [-0.05, 0) is 97.6 Å². The number of phosphoric acid groups is 1. The van der Waals surface area contributed by atoms with Crippen LogP contribution in [0, 0.1) is 0 Å². The van der Waals surface area contributed by atoms with Crippen molar-refractivity contribution in [1.29, 1.82) is 0 Å². The number of hydrogen-bond donors (Lipinski definition) is 8. The van der Waals surface area contributed by atoms with E-state index in [4.69, 9.17) is 59.6 Å². The summed E-state index contributed by atoms with van der Waals surface area (Å²) in [6.45, 7) is 4.78. The highest BCUT2D eigenvalue weighted by Crippen LogP contribution is 2.49. The Kier molecular flexibility index (Phi) is 37.3. The van der Waals surface area contributed by atoms with Crippen LogP contribution in [-0.4, -0.2) is 203 Å². The Morgan fingerprint density at radius 1 is 0.730 bits per heavy atom. The average Bonchev–Trinajstić information content (AvgIpc) is 2.34. The third kappa shape index (κ3) is 30.9. The van der Waals surface area contributed by atoms with Crippen LogP contribution in [0.25, 0.3) is 11.2 Å². The molecule has 2 aliphatic rings. The number of aliphatic hydroxyl groups is 2. The summed E-state index contributed by atoms with van der Waals surface area (Å²) in [6, 6.07) is -0.684. The Labute approximate surface area is 526 Å². The highest BCUT2D eigenvalue weighted by Gasteiger charge is 2.44. The number of likely N-dealkylation sites (tertiary alicyclic amines) is 1. The summed E-state index contributed by atoms with van der Waals surface area (Å²) in [5.74, 6) is -0.389. The molecule has 2 aromatic rings. The molecule has 30 heteroatoms. The number of carbonyl (C=O) groups is 6. The van der Waals surface area contributed by atoms with Gasteiger partial charge in [-0.2, -0.15) is 0 Å². The lowest BCUT2D eigenvalue weighted by molar-refractivity contribution is -0.133. The predicted molar refractivity (Wildman–Crippen MR) is 333 cm³/mol. The monoisotopic (exact) mass is 1300 g/mol. The summed E-state index contributed by atoms with van der Waals surface area (Å²) < 4.78 is 62.4. The van der Waals surface area contributed by atoms with E-state index >= 15 is 0 Å². The number of rotatable bonds is 53. The second kappa shape index (κ2) is 42.9. The maximum Gasteiger partial charge on any atom is 0.472 e. The van der Waals surface area contributed by atoms with E-state index in [2.05, 4.69) is 25.6 Å². The number of amides is 3. The molecule has 0 saturated carbocycles. The van der Waals surface area contributed by atoms with Gasteiger partial charge in [0.05, 0.1) is 71.3 Å². The average molecular weight is 1300 g/mol. The number of hydrogen-bond acceptors (Lipinski definition) is 23. The van der Waals surface area contributed by atoms with Crippen LogP contribution in [0.4, 0.5) is 5.82 Å². The Bertz CT molecular complexity index is 2430. The third-order valence-corrected chi connectivity index (χ3v) is 17.4. The number of phosphoric ester groups is 1. The number of carbonyl (C=O) groups excluding carboxylic acids is 6. The summed E-state index contributed by atoms with van der Waals surface area (Å²) in [5, 5.41) is 24.9. The van der Waals surface area contributed by atoms with Gasteiger partial charge < -0.3 is 76.0 Å². The number of aromatic nitrogens is 4. The van der Waals surface area contributed by atoms with Crippen molar-refractivity contribution in [1.82, 2.24) is 35.1 Å². The molecular formula is C59H104N10O18P2. The van der Waals surface area contributed by atoms with Crippen molar-refractivity contribution in [3.8, 4) is 0 Å². The number of methoxy groups -OCH3 is 1. The SMILES string of the molecule is COC(C)(C)POC[C@H]1O[C@@H](n2cnc3c(N)ncnc32)C[C@@H]1OP(=O)(O)OC[C@@H]1C[C@@H](O)CN1C(=O)CCCCCCCCC(=O)NC(COCCC(=O)CCCCN)(COCCC(=O)CCCCN)COCCC(=O)NCCCCC(=O)CCCCO. The summed E-state index contributed by atoms with van der Waals surface area (Å²) in [4.78, 5) is 102. The third-order valence-electron chi connectivity index (χ3n) is 15.4. The van der Waals surface area contributed by atoms with Gasteiger partial charge in [0.25, 0.3) is 0 Å². The largest absolute Gasteiger partial charge is 0.472 e. The highest BCUT2D eigenvalue weighted by molar-refractivity contribution is 7.47. The minimum Gasteiger partial charge on any atom is -0.396 e. The van der Waals surface area contributed by atoms with E-state index in [-0.39, 0.29) is 161 Å². The van der Waals surface area contributed by atoms with Crippen molar-refractivity contribution < 1.29 is 85.7 Å². The molecule has 28 nitrogen and oxygen atoms in total. The number of nitrogen functional groups attached to an aromatic ring is 1. The number of Topliss-reactive ketones (excluding diaryl/α,β-unsaturated/α-hetero) is 3. The second-order valence-electron chi connectivity index (χ2n) is 23.5. The first kappa shape index (κ1) is 77.4. The number of fused-ring (bicyclic) bond motifs is 1. The van der Waals surface area contributed by atoms with Gasteiger partial charge >= 0.3 is 7.82 Å². The van der Waals surface area contributed by atoms with Gasteiger partial charge in [-0.25, -0.2) is 19.5 Å². The molecule has 0 radical (unpaired) electrons. The van der Waals surface area contributed by atoms with Gasteiger partial charge in [0, 0.05) is 99.8 Å². The first-order chi connectivity index (χ1) is 42.7. The van der Waals surface area contributed by atoms with E-state index in [1.807, 2.05) is 13.8 Å². The number of ketones is 3. The summed E-state index contributed by atoms with van der Waals surface area (Å²) in [7, 11) is -3.30. The normalized spacial score (nSPS) is 18.7. The van der Waals surface area contributed by atoms with Crippen LogP contribution in [0.2, 0.25) is 0 Å². The molecule has 0 aromatic carbocycles. The fourth-order valence-electron chi connectivity index (χ4n) is 10.1. The van der Waals surface area contributed by atoms with Crippen LogP contribution in [0.3, 0.4) is 0 Å². The zero-order chi connectivity index (χ0) is 64.9. The number of nitrogens with one attached hydrogen (secondary N) is 2. The Morgan fingerprint density at radius 3 is 1.92 bits per heavy atom. The van der Waals surface area contributed by atoms with Crippen LogP contribution in [-0.2, 0) is 70.6 Å². The van der Waals surface area contributed by atoms with E-state index < -0.39 is 49.3 Å². The van der Waals surface area contributed by atoms with Crippen molar-refractivity contribution in [2.45, 2.75) is 216 Å². The fraction of sp³-hybridized carbons (Fsp3) is 0.814. The maximum absolute atomic E-state index is 13.8. The van der Waals surface area contributed by atoms with E-state index in [9.17, 15) is 43.3 Å². The number of anilines is 1. The lowest BCUT2D eigenvalue weighted by Crippen LogP contribution is -2.58. The molecule has 3 amide bonds. The van der Waals surface area contributed by atoms with E-state index in [0.29, 0.717) is 114 Å². The zero-order valence-electron chi connectivity index (χ0n) is 52.8. The van der Waals surface area contributed by atoms with Crippen LogP contribution in [0.1, 0.15) is 181 Å². The van der Waals surface area contributed by atoms with Gasteiger partial charge in [0.1, 0.15) is 58.5 Å². The lowest BCUT2D eigenvalue weighted by Gasteiger charge is -2.34. The molecule has 508 valence electrons. The summed E-state index contributed by atoms with van der Waals surface area (Å²) in [6.07, 6.45) is 11.4. The number of nitrogens with two attached hydrogens (primary N) is 3. The topological polar surface area (TPSA) is 403 Å². The molecule has 0 aliphatic carbocycles. The maximum atomic E-state index is 13.8. The first-order valence-corrected chi connectivity index (χ1v) is 34.2. The minimum absolute atomic E-state index is 0.00319. The molecule has 11 N–H and O–H groups in total. The van der Waals surface area contributed by atoms with Crippen LogP contribution >= 0.6 is 16.6 Å². The van der Waals surface area contributed by atoms with Crippen molar-refractivity contribution in [3.05, 3.63) is 12.7 Å². The van der Waals surface area contributed by atoms with E-state index in [1.165, 1.54) is 17.6 Å². The summed E-state index contributed by atoms with van der Waals surface area (Å²) in [5.41, 5.74) is 16.8. The molecule has 89 heavy (non-hydrogen) atoms. The van der Waals surface area contributed by atoms with Crippen LogP contribution in [0.5, 0.6) is 0 Å².